The van der Waals surface area contributed by atoms with E-state index in [1.165, 1.54) is 19.3 Å². The molecule has 0 amide bonds. The molecular weight excluding hydrogens is 218 g/mol. The van der Waals surface area contributed by atoms with Crippen LogP contribution >= 0.6 is 0 Å². The van der Waals surface area contributed by atoms with E-state index in [0.717, 1.165) is 19.3 Å². The second-order valence-corrected chi connectivity index (χ2v) is 5.32. The Bertz CT molecular complexity index is 221. The summed E-state index contributed by atoms with van der Waals surface area (Å²) in [6.45, 7) is 1.10. The smallest absolute Gasteiger partial charge is 0.0897 e. The summed E-state index contributed by atoms with van der Waals surface area (Å²) in [5, 5.41) is 13.1. The molecule has 17 heavy (non-hydrogen) atoms. The minimum atomic E-state index is -0.376. The number of hydrogen-bond acceptors (Lipinski definition) is 4. The van der Waals surface area contributed by atoms with Gasteiger partial charge in [-0.3, -0.25) is 0 Å². The molecule has 2 N–H and O–H groups in total. The van der Waals surface area contributed by atoms with Crippen LogP contribution in [-0.4, -0.2) is 49.7 Å². The van der Waals surface area contributed by atoms with E-state index in [0.29, 0.717) is 25.3 Å². The molecule has 4 nitrogen and oxygen atoms in total. The molecular formula is C13H25NO3. The van der Waals surface area contributed by atoms with Crippen LogP contribution in [0, 0.1) is 0 Å². The standard InChI is InChI=1S/C13H25NO3/c1-16-12-3-2-4-13(7-12)17-9-11(15)8-14-10-5-6-10/h10-15H,2-9H2,1H3. The Balaban J connectivity index is 1.56. The molecule has 0 saturated heterocycles. The molecule has 4 heteroatoms. The van der Waals surface area contributed by atoms with E-state index >= 15 is 0 Å². The summed E-state index contributed by atoms with van der Waals surface area (Å²) >= 11 is 0. The zero-order valence-electron chi connectivity index (χ0n) is 10.7. The fourth-order valence-electron chi connectivity index (χ4n) is 2.36. The Morgan fingerprint density at radius 3 is 2.71 bits per heavy atom. The van der Waals surface area contributed by atoms with Gasteiger partial charge in [0.25, 0.3) is 0 Å². The van der Waals surface area contributed by atoms with Crippen molar-refractivity contribution in [1.29, 1.82) is 0 Å². The van der Waals surface area contributed by atoms with Gasteiger partial charge in [-0.25, -0.2) is 0 Å². The maximum Gasteiger partial charge on any atom is 0.0897 e. The molecule has 0 aromatic rings. The first-order valence-corrected chi connectivity index (χ1v) is 6.83. The fourth-order valence-corrected chi connectivity index (χ4v) is 2.36. The van der Waals surface area contributed by atoms with E-state index in [-0.39, 0.29) is 12.2 Å². The molecule has 0 aliphatic heterocycles. The first kappa shape index (κ1) is 13.3. The van der Waals surface area contributed by atoms with Gasteiger partial charge in [0.15, 0.2) is 0 Å². The van der Waals surface area contributed by atoms with Crippen molar-refractivity contribution >= 4 is 0 Å². The van der Waals surface area contributed by atoms with Crippen molar-refractivity contribution in [1.82, 2.24) is 5.32 Å². The average molecular weight is 243 g/mol. The fraction of sp³-hybridized carbons (Fsp3) is 1.00. The van der Waals surface area contributed by atoms with Crippen molar-refractivity contribution < 1.29 is 14.6 Å². The van der Waals surface area contributed by atoms with Gasteiger partial charge in [0, 0.05) is 19.7 Å². The van der Waals surface area contributed by atoms with Crippen molar-refractivity contribution in [3.05, 3.63) is 0 Å². The molecule has 0 aromatic carbocycles. The molecule has 0 aromatic heterocycles. The maximum absolute atomic E-state index is 9.76. The van der Waals surface area contributed by atoms with Crippen molar-refractivity contribution in [3.8, 4) is 0 Å². The third-order valence-corrected chi connectivity index (χ3v) is 3.66. The maximum atomic E-state index is 9.76. The number of aliphatic hydroxyl groups is 1. The molecule has 2 aliphatic rings. The molecule has 100 valence electrons. The quantitative estimate of drug-likeness (QED) is 0.702. The van der Waals surface area contributed by atoms with Crippen LogP contribution in [0.2, 0.25) is 0 Å². The summed E-state index contributed by atoms with van der Waals surface area (Å²) < 4.78 is 11.1. The van der Waals surface area contributed by atoms with Gasteiger partial charge in [0.05, 0.1) is 24.9 Å². The molecule has 2 fully saturated rings. The van der Waals surface area contributed by atoms with Gasteiger partial charge in [0.2, 0.25) is 0 Å². The van der Waals surface area contributed by atoms with E-state index in [4.69, 9.17) is 9.47 Å². The van der Waals surface area contributed by atoms with Gasteiger partial charge in [0.1, 0.15) is 0 Å². The Morgan fingerprint density at radius 2 is 2.00 bits per heavy atom. The number of rotatable bonds is 7. The lowest BCUT2D eigenvalue weighted by molar-refractivity contribution is -0.0557. The van der Waals surface area contributed by atoms with Crippen molar-refractivity contribution in [2.45, 2.75) is 62.9 Å². The highest BCUT2D eigenvalue weighted by Gasteiger charge is 2.24. The Labute approximate surface area is 104 Å². The molecule has 3 atom stereocenters. The zero-order chi connectivity index (χ0) is 12.1. The third kappa shape index (κ3) is 4.92. The Morgan fingerprint density at radius 1 is 1.24 bits per heavy atom. The van der Waals surface area contributed by atoms with Crippen LogP contribution in [0.15, 0.2) is 0 Å². The van der Waals surface area contributed by atoms with Crippen molar-refractivity contribution in [2.24, 2.45) is 0 Å². The van der Waals surface area contributed by atoms with Gasteiger partial charge >= 0.3 is 0 Å². The zero-order valence-corrected chi connectivity index (χ0v) is 10.7. The van der Waals surface area contributed by atoms with Gasteiger partial charge in [-0.15, -0.1) is 0 Å². The summed E-state index contributed by atoms with van der Waals surface area (Å²) in [6.07, 6.45) is 7.12. The van der Waals surface area contributed by atoms with Crippen molar-refractivity contribution in [3.63, 3.8) is 0 Å². The van der Waals surface area contributed by atoms with E-state index in [2.05, 4.69) is 5.32 Å². The van der Waals surface area contributed by atoms with Gasteiger partial charge in [-0.1, -0.05) is 0 Å². The van der Waals surface area contributed by atoms with E-state index in [9.17, 15) is 5.11 Å². The van der Waals surface area contributed by atoms with Crippen molar-refractivity contribution in [2.75, 3.05) is 20.3 Å². The monoisotopic (exact) mass is 243 g/mol. The molecule has 0 radical (unpaired) electrons. The Kier molecular flexibility index (Phi) is 5.22. The molecule has 0 bridgehead atoms. The van der Waals surface area contributed by atoms with Crippen LogP contribution in [0.25, 0.3) is 0 Å². The van der Waals surface area contributed by atoms with E-state index < -0.39 is 0 Å². The van der Waals surface area contributed by atoms with Crippen LogP contribution in [0.5, 0.6) is 0 Å². The predicted molar refractivity (Wildman–Crippen MR) is 66.0 cm³/mol. The second kappa shape index (κ2) is 6.69. The summed E-state index contributed by atoms with van der Waals surface area (Å²) in [5.74, 6) is 0. The summed E-state index contributed by atoms with van der Waals surface area (Å²) in [4.78, 5) is 0. The summed E-state index contributed by atoms with van der Waals surface area (Å²) in [6, 6.07) is 0.650. The highest BCUT2D eigenvalue weighted by atomic mass is 16.5. The Hall–Kier alpha value is -0.160. The lowest BCUT2D eigenvalue weighted by atomic mass is 9.95. The highest BCUT2D eigenvalue weighted by Crippen LogP contribution is 2.23. The van der Waals surface area contributed by atoms with Crippen LogP contribution < -0.4 is 5.32 Å². The highest BCUT2D eigenvalue weighted by molar-refractivity contribution is 4.82. The molecule has 3 unspecified atom stereocenters. The average Bonchev–Trinajstić information content (AvgIpc) is 3.18. The normalized spacial score (nSPS) is 31.4. The number of methoxy groups -OCH3 is 1. The summed E-state index contributed by atoms with van der Waals surface area (Å²) in [5.41, 5.74) is 0. The summed E-state index contributed by atoms with van der Waals surface area (Å²) in [7, 11) is 1.77. The van der Waals surface area contributed by atoms with Crippen LogP contribution in [0.3, 0.4) is 0 Å². The van der Waals surface area contributed by atoms with Crippen LogP contribution in [0.1, 0.15) is 38.5 Å². The molecule has 0 spiro atoms. The van der Waals surface area contributed by atoms with Gasteiger partial charge < -0.3 is 19.9 Å². The lowest BCUT2D eigenvalue weighted by Crippen LogP contribution is -2.35. The topological polar surface area (TPSA) is 50.7 Å². The van der Waals surface area contributed by atoms with Crippen LogP contribution in [0.4, 0.5) is 0 Å². The molecule has 2 rings (SSSR count). The van der Waals surface area contributed by atoms with E-state index in [1.807, 2.05) is 0 Å². The molecule has 2 saturated carbocycles. The first-order valence-electron chi connectivity index (χ1n) is 6.83. The number of nitrogens with one attached hydrogen (secondary N) is 1. The molecule has 0 heterocycles. The predicted octanol–water partition coefficient (Wildman–Crippen LogP) is 1.07. The van der Waals surface area contributed by atoms with Gasteiger partial charge in [-0.05, 0) is 38.5 Å². The second-order valence-electron chi connectivity index (χ2n) is 5.32. The first-order chi connectivity index (χ1) is 8.28. The number of ether oxygens (including phenoxy) is 2. The lowest BCUT2D eigenvalue weighted by Gasteiger charge is -2.28. The SMILES string of the molecule is COC1CCCC(OCC(O)CNC2CC2)C1. The molecule has 2 aliphatic carbocycles. The number of hydrogen-bond donors (Lipinski definition) is 2. The largest absolute Gasteiger partial charge is 0.389 e. The minimum absolute atomic E-state index is 0.268. The van der Waals surface area contributed by atoms with E-state index in [1.54, 1.807) is 7.11 Å². The van der Waals surface area contributed by atoms with Crippen LogP contribution in [-0.2, 0) is 9.47 Å². The minimum Gasteiger partial charge on any atom is -0.389 e. The van der Waals surface area contributed by atoms with Gasteiger partial charge in [-0.2, -0.15) is 0 Å². The number of aliphatic hydroxyl groups excluding tert-OH is 1. The third-order valence-electron chi connectivity index (χ3n) is 3.66.